The first-order valence-corrected chi connectivity index (χ1v) is 8.22. The molecule has 2 heterocycles. The van der Waals surface area contributed by atoms with Crippen molar-refractivity contribution in [2.75, 3.05) is 11.1 Å². The molecule has 0 unspecified atom stereocenters. The molecule has 1 aliphatic carbocycles. The lowest BCUT2D eigenvalue weighted by Gasteiger charge is -2.23. The molecule has 4 N–H and O–H groups in total. The molecule has 4 rings (SSSR count). The standard InChI is InChI=1S/C18H18FN5O/c19-12-5-3-11(4-6-12)13-9-21-16(20)14-10-22-17(23-15(13)14)24-18(25)7-1-2-8-18/h3-6,9-10,25H,1-2,7-8H2,(H2,20,21)(H,22,23,24). The van der Waals surface area contributed by atoms with Crippen LogP contribution in [0, 0.1) is 5.82 Å². The topological polar surface area (TPSA) is 97.0 Å². The second-order valence-corrected chi connectivity index (χ2v) is 6.38. The number of aliphatic hydroxyl groups is 1. The van der Waals surface area contributed by atoms with E-state index in [9.17, 15) is 9.50 Å². The molecule has 25 heavy (non-hydrogen) atoms. The van der Waals surface area contributed by atoms with Crippen molar-refractivity contribution in [1.82, 2.24) is 15.0 Å². The average molecular weight is 339 g/mol. The van der Waals surface area contributed by atoms with Crippen molar-refractivity contribution in [3.8, 4) is 11.1 Å². The van der Waals surface area contributed by atoms with Crippen LogP contribution >= 0.6 is 0 Å². The van der Waals surface area contributed by atoms with Gasteiger partial charge in [0.05, 0.1) is 10.9 Å². The van der Waals surface area contributed by atoms with Crippen molar-refractivity contribution in [3.63, 3.8) is 0 Å². The van der Waals surface area contributed by atoms with E-state index < -0.39 is 5.72 Å². The number of rotatable bonds is 3. The number of benzene rings is 1. The van der Waals surface area contributed by atoms with Gasteiger partial charge in [0.2, 0.25) is 5.95 Å². The molecule has 6 nitrogen and oxygen atoms in total. The Kier molecular flexibility index (Phi) is 3.73. The van der Waals surface area contributed by atoms with Crippen LogP contribution in [0.1, 0.15) is 25.7 Å². The van der Waals surface area contributed by atoms with Crippen LogP contribution in [0.15, 0.2) is 36.7 Å². The first-order valence-electron chi connectivity index (χ1n) is 8.22. The Morgan fingerprint density at radius 1 is 1.08 bits per heavy atom. The highest BCUT2D eigenvalue weighted by molar-refractivity contribution is 5.98. The molecule has 128 valence electrons. The number of anilines is 2. The summed E-state index contributed by atoms with van der Waals surface area (Å²) in [5, 5.41) is 14.2. The third-order valence-corrected chi connectivity index (χ3v) is 4.58. The Labute approximate surface area is 143 Å². The fourth-order valence-electron chi connectivity index (χ4n) is 3.23. The van der Waals surface area contributed by atoms with Gasteiger partial charge < -0.3 is 16.2 Å². The van der Waals surface area contributed by atoms with Gasteiger partial charge >= 0.3 is 0 Å². The molecule has 1 fully saturated rings. The lowest BCUT2D eigenvalue weighted by Crippen LogP contribution is -2.35. The van der Waals surface area contributed by atoms with Crippen LogP contribution in [0.3, 0.4) is 0 Å². The van der Waals surface area contributed by atoms with Gasteiger partial charge in [0.25, 0.3) is 0 Å². The summed E-state index contributed by atoms with van der Waals surface area (Å²) in [7, 11) is 0. The summed E-state index contributed by atoms with van der Waals surface area (Å²) in [6, 6.07) is 6.11. The lowest BCUT2D eigenvalue weighted by atomic mass is 10.1. The highest BCUT2D eigenvalue weighted by Crippen LogP contribution is 2.32. The number of nitrogens with zero attached hydrogens (tertiary/aromatic N) is 3. The van der Waals surface area contributed by atoms with Crippen molar-refractivity contribution in [2.24, 2.45) is 0 Å². The number of nitrogen functional groups attached to an aromatic ring is 1. The quantitative estimate of drug-likeness (QED) is 0.635. The molecule has 1 aromatic carbocycles. The molecule has 3 aromatic rings. The van der Waals surface area contributed by atoms with Gasteiger partial charge in [-0.1, -0.05) is 12.1 Å². The first-order chi connectivity index (χ1) is 12.0. The van der Waals surface area contributed by atoms with Crippen molar-refractivity contribution in [1.29, 1.82) is 0 Å². The number of aromatic nitrogens is 3. The number of fused-ring (bicyclic) bond motifs is 1. The second-order valence-electron chi connectivity index (χ2n) is 6.38. The van der Waals surface area contributed by atoms with Crippen molar-refractivity contribution in [3.05, 3.63) is 42.5 Å². The molecule has 0 aliphatic heterocycles. The first kappa shape index (κ1) is 15.7. The largest absolute Gasteiger partial charge is 0.383 e. The molecule has 0 bridgehead atoms. The van der Waals surface area contributed by atoms with E-state index in [1.807, 2.05) is 0 Å². The summed E-state index contributed by atoms with van der Waals surface area (Å²) in [5.41, 5.74) is 7.10. The van der Waals surface area contributed by atoms with Gasteiger partial charge in [0.1, 0.15) is 17.4 Å². The van der Waals surface area contributed by atoms with Crippen LogP contribution < -0.4 is 11.1 Å². The van der Waals surface area contributed by atoms with Crippen LogP contribution in [-0.4, -0.2) is 25.8 Å². The number of hydrogen-bond donors (Lipinski definition) is 3. The van der Waals surface area contributed by atoms with Crippen LogP contribution in [0.4, 0.5) is 16.2 Å². The number of nitrogens with one attached hydrogen (secondary N) is 1. The van der Waals surface area contributed by atoms with Crippen LogP contribution in [0.25, 0.3) is 22.0 Å². The summed E-state index contributed by atoms with van der Waals surface area (Å²) >= 11 is 0. The molecule has 0 spiro atoms. The van der Waals surface area contributed by atoms with Crippen molar-refractivity contribution < 1.29 is 9.50 Å². The van der Waals surface area contributed by atoms with Crippen molar-refractivity contribution in [2.45, 2.75) is 31.4 Å². The Hall–Kier alpha value is -2.80. The maximum absolute atomic E-state index is 13.2. The minimum atomic E-state index is -0.970. The summed E-state index contributed by atoms with van der Waals surface area (Å²) in [6.07, 6.45) is 6.48. The number of pyridine rings is 1. The maximum atomic E-state index is 13.2. The molecule has 0 saturated heterocycles. The Bertz CT molecular complexity index is 923. The third kappa shape index (κ3) is 2.98. The summed E-state index contributed by atoms with van der Waals surface area (Å²) in [4.78, 5) is 13.0. The van der Waals surface area contributed by atoms with E-state index in [2.05, 4.69) is 20.3 Å². The van der Waals surface area contributed by atoms with E-state index >= 15 is 0 Å². The molecule has 1 aliphatic rings. The monoisotopic (exact) mass is 339 g/mol. The van der Waals surface area contributed by atoms with Gasteiger partial charge in [-0.2, -0.15) is 0 Å². The molecular weight excluding hydrogens is 321 g/mol. The minimum Gasteiger partial charge on any atom is -0.383 e. The van der Waals surface area contributed by atoms with Crippen LogP contribution in [-0.2, 0) is 0 Å². The predicted molar refractivity (Wildman–Crippen MR) is 94.2 cm³/mol. The van der Waals surface area contributed by atoms with Crippen molar-refractivity contribution >= 4 is 22.7 Å². The summed E-state index contributed by atoms with van der Waals surface area (Å²) in [6.45, 7) is 0. The zero-order chi connectivity index (χ0) is 17.4. The molecule has 0 atom stereocenters. The van der Waals surface area contributed by atoms with Gasteiger partial charge in [-0.25, -0.2) is 19.3 Å². The van der Waals surface area contributed by atoms with Gasteiger partial charge in [0.15, 0.2) is 0 Å². The van der Waals surface area contributed by atoms with Gasteiger partial charge in [-0.05, 0) is 43.4 Å². The highest BCUT2D eigenvalue weighted by atomic mass is 19.1. The number of hydrogen-bond acceptors (Lipinski definition) is 6. The predicted octanol–water partition coefficient (Wildman–Crippen LogP) is 3.09. The lowest BCUT2D eigenvalue weighted by molar-refractivity contribution is 0.0770. The second kappa shape index (κ2) is 5.93. The minimum absolute atomic E-state index is 0.308. The van der Waals surface area contributed by atoms with Gasteiger partial charge in [-0.3, -0.25) is 0 Å². The van der Waals surface area contributed by atoms with Crippen LogP contribution in [0.2, 0.25) is 0 Å². The fraction of sp³-hybridized carbons (Fsp3) is 0.278. The van der Waals surface area contributed by atoms with E-state index in [1.165, 1.54) is 12.1 Å². The Morgan fingerprint density at radius 2 is 1.80 bits per heavy atom. The molecular formula is C18H18FN5O. The van der Waals surface area contributed by atoms with E-state index in [1.54, 1.807) is 24.5 Å². The van der Waals surface area contributed by atoms with Crippen LogP contribution in [0.5, 0.6) is 0 Å². The Balaban J connectivity index is 1.81. The molecule has 1 saturated carbocycles. The normalized spacial score (nSPS) is 16.2. The number of nitrogens with two attached hydrogens (primary N) is 1. The summed E-state index contributed by atoms with van der Waals surface area (Å²) in [5.74, 6) is 0.356. The van der Waals surface area contributed by atoms with Gasteiger partial charge in [0, 0.05) is 18.0 Å². The van der Waals surface area contributed by atoms with Gasteiger partial charge in [-0.15, -0.1) is 0 Å². The van der Waals surface area contributed by atoms with E-state index in [-0.39, 0.29) is 5.82 Å². The maximum Gasteiger partial charge on any atom is 0.225 e. The average Bonchev–Trinajstić information content (AvgIpc) is 3.02. The molecule has 0 radical (unpaired) electrons. The molecule has 7 heteroatoms. The van der Waals surface area contributed by atoms with E-state index in [0.29, 0.717) is 35.5 Å². The summed E-state index contributed by atoms with van der Waals surface area (Å²) < 4.78 is 13.2. The SMILES string of the molecule is Nc1ncc(-c2ccc(F)cc2)c2nc(NC3(O)CCCC3)ncc12. The third-order valence-electron chi connectivity index (χ3n) is 4.58. The van der Waals surface area contributed by atoms with E-state index in [0.717, 1.165) is 24.0 Å². The zero-order valence-electron chi connectivity index (χ0n) is 13.5. The zero-order valence-corrected chi connectivity index (χ0v) is 13.5. The molecule has 2 aromatic heterocycles. The fourth-order valence-corrected chi connectivity index (χ4v) is 3.23. The molecule has 0 amide bonds. The van der Waals surface area contributed by atoms with E-state index in [4.69, 9.17) is 5.73 Å². The smallest absolute Gasteiger partial charge is 0.225 e. The number of halogens is 1. The highest BCUT2D eigenvalue weighted by Gasteiger charge is 2.31. The Morgan fingerprint density at radius 3 is 2.52 bits per heavy atom.